The molecule has 0 amide bonds. The van der Waals surface area contributed by atoms with E-state index in [-0.39, 0.29) is 0 Å². The molecule has 4 saturated carbocycles. The van der Waals surface area contributed by atoms with Gasteiger partial charge in [-0.05, 0) is 148 Å². The lowest BCUT2D eigenvalue weighted by molar-refractivity contribution is -0.0748. The van der Waals surface area contributed by atoms with E-state index in [0.29, 0.717) is 11.3 Å². The largest absolute Gasteiger partial charge is 0.310 e. The van der Waals surface area contributed by atoms with Gasteiger partial charge in [-0.1, -0.05) is 109 Å². The Kier molecular flexibility index (Phi) is 6.03. The molecule has 6 aromatic rings. The maximum absolute atomic E-state index is 2.59. The summed E-state index contributed by atoms with van der Waals surface area (Å²) in [5, 5.41) is 5.10. The first-order chi connectivity index (χ1) is 24.2. The van der Waals surface area contributed by atoms with Gasteiger partial charge in [0.05, 0.1) is 5.69 Å². The smallest absolute Gasteiger partial charge is 0.0540 e. The third kappa shape index (κ3) is 4.05. The number of rotatable bonds is 4. The number of hydrogen-bond donors (Lipinski definition) is 0. The summed E-state index contributed by atoms with van der Waals surface area (Å²) in [5.74, 6) is 4.24. The van der Waals surface area contributed by atoms with E-state index in [2.05, 4.69) is 151 Å². The van der Waals surface area contributed by atoms with E-state index < -0.39 is 0 Å². The van der Waals surface area contributed by atoms with Gasteiger partial charge in [0.25, 0.3) is 0 Å². The first-order valence-electron chi connectivity index (χ1n) is 18.6. The van der Waals surface area contributed by atoms with Crippen LogP contribution in [0.15, 0.2) is 146 Å². The summed E-state index contributed by atoms with van der Waals surface area (Å²) in [4.78, 5) is 2.53. The maximum atomic E-state index is 2.59. The molecule has 238 valence electrons. The third-order valence-electron chi connectivity index (χ3n) is 13.5. The van der Waals surface area contributed by atoms with Gasteiger partial charge in [0.1, 0.15) is 0 Å². The van der Waals surface area contributed by atoms with Gasteiger partial charge in [0.2, 0.25) is 0 Å². The van der Waals surface area contributed by atoms with E-state index in [1.54, 1.807) is 11.1 Å². The minimum absolute atomic E-state index is 0.318. The Balaban J connectivity index is 1.10. The number of hydrogen-bond acceptors (Lipinski definition) is 1. The Morgan fingerprint density at radius 1 is 0.551 bits per heavy atom. The van der Waals surface area contributed by atoms with Gasteiger partial charge in [0, 0.05) is 22.2 Å². The highest BCUT2D eigenvalue weighted by Gasteiger charge is 2.64. The highest BCUT2D eigenvalue weighted by atomic mass is 15.1. The van der Waals surface area contributed by atoms with Crippen molar-refractivity contribution in [3.63, 3.8) is 0 Å². The number of fused-ring (bicyclic) bond motifs is 5. The molecule has 4 fully saturated rings. The zero-order chi connectivity index (χ0) is 32.1. The van der Waals surface area contributed by atoms with Crippen molar-refractivity contribution in [3.8, 4) is 11.1 Å². The van der Waals surface area contributed by atoms with Crippen molar-refractivity contribution < 1.29 is 0 Å². The van der Waals surface area contributed by atoms with Gasteiger partial charge < -0.3 is 4.90 Å². The standard InChI is InChI=1S/C48H41N/c1-2-11-35-28-37(20-19-33(35)9-1)36-13-7-14-40(29-36)49(47-18-8-12-34-10-3-4-15-42(34)47)41-21-22-46-44(30-41)43-16-5-6-17-45(43)48(46)38-24-31-23-32(26-38)27-39(48)25-31/h1-16,18-22,28-32,38-39,45H,17,23-27H2. The third-order valence-corrected chi connectivity index (χ3v) is 13.5. The summed E-state index contributed by atoms with van der Waals surface area (Å²) in [6.07, 6.45) is 15.8. The normalized spacial score (nSPS) is 27.4. The average Bonchev–Trinajstić information content (AvgIpc) is 3.44. The molecule has 12 rings (SSSR count). The van der Waals surface area contributed by atoms with Gasteiger partial charge in [-0.3, -0.25) is 0 Å². The van der Waals surface area contributed by atoms with Gasteiger partial charge in [0.15, 0.2) is 0 Å². The summed E-state index contributed by atoms with van der Waals surface area (Å²) in [7, 11) is 0. The topological polar surface area (TPSA) is 3.24 Å². The van der Waals surface area contributed by atoms with E-state index in [1.807, 2.05) is 0 Å². The molecule has 0 N–H and O–H groups in total. The van der Waals surface area contributed by atoms with Crippen LogP contribution in [0, 0.1) is 29.6 Å². The predicted molar refractivity (Wildman–Crippen MR) is 206 cm³/mol. The van der Waals surface area contributed by atoms with E-state index in [9.17, 15) is 0 Å². The lowest BCUT2D eigenvalue weighted by atomic mass is 9.41. The molecular weight excluding hydrogens is 591 g/mol. The summed E-state index contributed by atoms with van der Waals surface area (Å²) in [6.45, 7) is 0. The van der Waals surface area contributed by atoms with Crippen LogP contribution in [-0.4, -0.2) is 0 Å². The van der Waals surface area contributed by atoms with Crippen LogP contribution in [0.3, 0.4) is 0 Å². The lowest BCUT2D eigenvalue weighted by Gasteiger charge is -2.63. The molecule has 0 aromatic heterocycles. The molecule has 0 radical (unpaired) electrons. The zero-order valence-corrected chi connectivity index (χ0v) is 27.9. The molecule has 0 aliphatic heterocycles. The highest BCUT2D eigenvalue weighted by Crippen LogP contribution is 2.71. The molecule has 0 heterocycles. The Labute approximate surface area is 289 Å². The van der Waals surface area contributed by atoms with Crippen molar-refractivity contribution in [2.75, 3.05) is 4.90 Å². The van der Waals surface area contributed by atoms with Crippen LogP contribution < -0.4 is 4.90 Å². The number of nitrogens with zero attached hydrogens (tertiary/aromatic N) is 1. The van der Waals surface area contributed by atoms with Crippen LogP contribution >= 0.6 is 0 Å². The highest BCUT2D eigenvalue weighted by molar-refractivity contribution is 6.00. The number of allylic oxidation sites excluding steroid dienone is 4. The van der Waals surface area contributed by atoms with Crippen molar-refractivity contribution in [2.45, 2.75) is 43.9 Å². The summed E-state index contributed by atoms with van der Waals surface area (Å²) in [6, 6.07) is 48.0. The molecule has 1 heteroatoms. The van der Waals surface area contributed by atoms with Crippen LogP contribution in [0.2, 0.25) is 0 Å². The fraction of sp³-hybridized carbons (Fsp3) is 0.250. The number of benzene rings is 6. The Hall–Kier alpha value is -4.88. The van der Waals surface area contributed by atoms with E-state index in [4.69, 9.17) is 0 Å². The quantitative estimate of drug-likeness (QED) is 0.187. The van der Waals surface area contributed by atoms with Gasteiger partial charge in [-0.15, -0.1) is 0 Å². The monoisotopic (exact) mass is 631 g/mol. The second-order valence-electron chi connectivity index (χ2n) is 15.8. The lowest BCUT2D eigenvalue weighted by Crippen LogP contribution is -2.57. The molecule has 1 nitrogen and oxygen atoms in total. The fourth-order valence-corrected chi connectivity index (χ4v) is 11.8. The first-order valence-corrected chi connectivity index (χ1v) is 18.6. The van der Waals surface area contributed by atoms with Crippen molar-refractivity contribution >= 4 is 44.2 Å². The molecule has 6 aliphatic carbocycles. The molecule has 1 atom stereocenters. The minimum atomic E-state index is 0.318. The second-order valence-corrected chi connectivity index (χ2v) is 15.8. The SMILES string of the molecule is C1=CCC2C(=C1)c1cc(N(c3cccc(-c4ccc5ccccc5c4)c3)c3cccc4ccccc34)ccc1C21C2CC3CC(C2)CC1C3. The molecular formula is C48H41N. The first kappa shape index (κ1) is 28.0. The van der Waals surface area contributed by atoms with Crippen molar-refractivity contribution in [1.82, 2.24) is 0 Å². The summed E-state index contributed by atoms with van der Waals surface area (Å²) >= 11 is 0. The molecule has 4 bridgehead atoms. The van der Waals surface area contributed by atoms with E-state index in [0.717, 1.165) is 23.7 Å². The Bertz CT molecular complexity index is 2320. The summed E-state index contributed by atoms with van der Waals surface area (Å²) in [5.41, 5.74) is 11.3. The Morgan fingerprint density at radius 2 is 1.27 bits per heavy atom. The molecule has 6 aliphatic rings. The van der Waals surface area contributed by atoms with E-state index >= 15 is 0 Å². The van der Waals surface area contributed by atoms with Crippen LogP contribution in [0.1, 0.15) is 49.7 Å². The Morgan fingerprint density at radius 3 is 2.12 bits per heavy atom. The molecule has 6 aromatic carbocycles. The zero-order valence-electron chi connectivity index (χ0n) is 27.9. The molecule has 1 unspecified atom stereocenters. The fourth-order valence-electron chi connectivity index (χ4n) is 11.8. The second kappa shape index (κ2) is 10.6. The summed E-state index contributed by atoms with van der Waals surface area (Å²) < 4.78 is 0. The van der Waals surface area contributed by atoms with Crippen molar-refractivity contribution in [3.05, 3.63) is 157 Å². The van der Waals surface area contributed by atoms with Gasteiger partial charge >= 0.3 is 0 Å². The minimum Gasteiger partial charge on any atom is -0.310 e. The predicted octanol–water partition coefficient (Wildman–Crippen LogP) is 12.8. The van der Waals surface area contributed by atoms with Gasteiger partial charge in [-0.25, -0.2) is 0 Å². The molecule has 1 spiro atoms. The van der Waals surface area contributed by atoms with Crippen LogP contribution in [-0.2, 0) is 5.41 Å². The molecule has 0 saturated heterocycles. The van der Waals surface area contributed by atoms with Crippen molar-refractivity contribution in [2.24, 2.45) is 29.6 Å². The van der Waals surface area contributed by atoms with Crippen LogP contribution in [0.25, 0.3) is 38.2 Å². The average molecular weight is 632 g/mol. The maximum Gasteiger partial charge on any atom is 0.0540 e. The van der Waals surface area contributed by atoms with E-state index in [1.165, 1.54) is 93.8 Å². The van der Waals surface area contributed by atoms with Gasteiger partial charge in [-0.2, -0.15) is 0 Å². The van der Waals surface area contributed by atoms with Crippen LogP contribution in [0.4, 0.5) is 17.1 Å². The van der Waals surface area contributed by atoms with Crippen molar-refractivity contribution in [1.29, 1.82) is 0 Å². The molecule has 49 heavy (non-hydrogen) atoms. The van der Waals surface area contributed by atoms with Crippen LogP contribution in [0.5, 0.6) is 0 Å². The number of anilines is 3.